The summed E-state index contributed by atoms with van der Waals surface area (Å²) in [6.07, 6.45) is 3.15. The fourth-order valence-corrected chi connectivity index (χ4v) is 7.06. The van der Waals surface area contributed by atoms with Crippen LogP contribution in [0.4, 0.5) is 9.18 Å². The van der Waals surface area contributed by atoms with Crippen molar-refractivity contribution in [3.8, 4) is 22.8 Å². The predicted molar refractivity (Wildman–Crippen MR) is 136 cm³/mol. The van der Waals surface area contributed by atoms with E-state index in [0.29, 0.717) is 27.9 Å². The molecule has 2 atom stereocenters. The van der Waals surface area contributed by atoms with Crippen molar-refractivity contribution in [2.45, 2.75) is 49.9 Å². The number of benzene rings is 1. The van der Waals surface area contributed by atoms with Gasteiger partial charge in [0.15, 0.2) is 17.3 Å². The van der Waals surface area contributed by atoms with Crippen LogP contribution in [0.25, 0.3) is 22.8 Å². The molecule has 0 bridgehead atoms. The summed E-state index contributed by atoms with van der Waals surface area (Å²) in [5.74, 6) is -0.0490. The van der Waals surface area contributed by atoms with Gasteiger partial charge in [0.2, 0.25) is 0 Å². The number of carbonyl (C=O) groups is 1. The van der Waals surface area contributed by atoms with Crippen molar-refractivity contribution in [2.24, 2.45) is 9.36 Å². The van der Waals surface area contributed by atoms with Gasteiger partial charge in [0.1, 0.15) is 21.9 Å². The highest BCUT2D eigenvalue weighted by molar-refractivity contribution is 7.95. The van der Waals surface area contributed by atoms with Gasteiger partial charge in [0.05, 0.1) is 26.5 Å². The number of nitrogens with zero attached hydrogens (tertiary/aromatic N) is 5. The number of rotatable bonds is 4. The Bertz CT molecular complexity index is 1540. The van der Waals surface area contributed by atoms with E-state index in [9.17, 15) is 14.1 Å². The maximum absolute atomic E-state index is 15.3. The van der Waals surface area contributed by atoms with Crippen LogP contribution >= 0.6 is 11.6 Å². The third-order valence-corrected chi connectivity index (χ3v) is 10.1. The lowest BCUT2D eigenvalue weighted by Gasteiger charge is -2.41. The van der Waals surface area contributed by atoms with Gasteiger partial charge in [-0.05, 0) is 51.8 Å². The average Bonchev–Trinajstić information content (AvgIpc) is 3.49. The van der Waals surface area contributed by atoms with Crippen LogP contribution in [0.15, 0.2) is 50.5 Å². The Morgan fingerprint density at radius 1 is 1.24 bits per heavy atom. The van der Waals surface area contributed by atoms with Crippen LogP contribution in [-0.4, -0.2) is 52.9 Å². The van der Waals surface area contributed by atoms with Gasteiger partial charge in [-0.15, -0.1) is 0 Å². The van der Waals surface area contributed by atoms with Crippen molar-refractivity contribution in [1.29, 1.82) is 0 Å². The summed E-state index contributed by atoms with van der Waals surface area (Å²) in [6, 6.07) is 5.88. The lowest BCUT2D eigenvalue weighted by Crippen LogP contribution is -2.57. The first-order chi connectivity index (χ1) is 17.4. The van der Waals surface area contributed by atoms with Crippen molar-refractivity contribution in [3.05, 3.63) is 53.1 Å². The molecule has 0 spiro atoms. The van der Waals surface area contributed by atoms with Gasteiger partial charge in [-0.2, -0.15) is 0 Å². The second-order valence-corrected chi connectivity index (χ2v) is 13.0. The van der Waals surface area contributed by atoms with E-state index < -0.39 is 31.9 Å². The number of amidine groups is 1. The first-order valence-corrected chi connectivity index (χ1v) is 13.6. The summed E-state index contributed by atoms with van der Waals surface area (Å²) >= 11 is 5.85. The largest absolute Gasteiger partial charge is 0.465 e. The molecule has 2 aromatic heterocycles. The lowest BCUT2D eigenvalue weighted by molar-refractivity contribution is 0.199. The van der Waals surface area contributed by atoms with E-state index in [2.05, 4.69) is 29.8 Å². The van der Waals surface area contributed by atoms with Crippen LogP contribution < -0.4 is 5.32 Å². The smallest absolute Gasteiger partial charge is 0.410 e. The van der Waals surface area contributed by atoms with E-state index in [4.69, 9.17) is 16.1 Å². The van der Waals surface area contributed by atoms with E-state index in [-0.39, 0.29) is 23.2 Å². The molecule has 13 heteroatoms. The van der Waals surface area contributed by atoms with Crippen molar-refractivity contribution in [1.82, 2.24) is 20.4 Å². The van der Waals surface area contributed by atoms with Crippen molar-refractivity contribution in [2.75, 3.05) is 5.75 Å². The van der Waals surface area contributed by atoms with Gasteiger partial charge in [0.25, 0.3) is 0 Å². The third-order valence-electron chi connectivity index (χ3n) is 6.49. The lowest BCUT2D eigenvalue weighted by atomic mass is 9.91. The molecule has 5 rings (SSSR count). The maximum Gasteiger partial charge on any atom is 0.410 e. The van der Waals surface area contributed by atoms with Crippen LogP contribution in [0.5, 0.6) is 0 Å². The maximum atomic E-state index is 15.3. The topological polar surface area (TPSA) is 143 Å². The van der Waals surface area contributed by atoms with E-state index in [1.807, 2.05) is 0 Å². The van der Waals surface area contributed by atoms with E-state index >= 15 is 4.39 Å². The molecular weight excluding hydrogens is 523 g/mol. The molecular formula is C24H24ClFN6O4S. The second kappa shape index (κ2) is 8.88. The van der Waals surface area contributed by atoms with Gasteiger partial charge < -0.3 is 9.63 Å². The van der Waals surface area contributed by atoms with Crippen molar-refractivity contribution in [3.63, 3.8) is 0 Å². The minimum atomic E-state index is -3.05. The highest BCUT2D eigenvalue weighted by atomic mass is 35.5. The monoisotopic (exact) mass is 546 g/mol. The molecule has 3 aromatic rings. The first-order valence-electron chi connectivity index (χ1n) is 11.5. The number of amides is 1. The SMILES string of the molecule is CC1(C)C(NC(=O)O)=N[C@](C)(c2cc(-c3cc(-c4ncc(Cl)cn4)no3)ccc2F)C[S@@]1(=O)=NC1CC1. The number of halogens is 2. The molecule has 0 unspecified atom stereocenters. The summed E-state index contributed by atoms with van der Waals surface area (Å²) in [5, 5.41) is 16.1. The van der Waals surface area contributed by atoms with E-state index in [0.717, 1.165) is 12.8 Å². The summed E-state index contributed by atoms with van der Waals surface area (Å²) in [6.45, 7) is 4.93. The molecule has 1 aliphatic heterocycles. The highest BCUT2D eigenvalue weighted by Crippen LogP contribution is 2.42. The molecule has 1 amide bonds. The van der Waals surface area contributed by atoms with Crippen molar-refractivity contribution >= 4 is 33.3 Å². The molecule has 0 saturated heterocycles. The molecule has 37 heavy (non-hydrogen) atoms. The van der Waals surface area contributed by atoms with E-state index in [1.165, 1.54) is 24.5 Å². The standard InChI is InChI=1S/C24H24ClFN6O4S/c1-23(2)21(29-22(33)34)30-24(3,12-37(23,35)32-15-5-6-15)16-8-13(4-7-17(16)26)19-9-18(31-36-19)20-27-10-14(25)11-28-20/h4,7-11,15H,5-6,12H2,1-3H3,(H,29,30)(H,33,34)/t24-,37-/m0/s1. The molecule has 2 aliphatic rings. The van der Waals surface area contributed by atoms with Crippen LogP contribution in [0.1, 0.15) is 39.2 Å². The molecule has 194 valence electrons. The Kier molecular flexibility index (Phi) is 6.06. The Balaban J connectivity index is 1.60. The molecule has 1 aromatic carbocycles. The van der Waals surface area contributed by atoms with Gasteiger partial charge >= 0.3 is 6.09 Å². The number of nitrogens with one attached hydrogen (secondary N) is 1. The molecule has 1 fully saturated rings. The Labute approximate surface area is 217 Å². The molecule has 1 saturated carbocycles. The van der Waals surface area contributed by atoms with Gasteiger partial charge in [-0.25, -0.2) is 27.7 Å². The molecule has 0 radical (unpaired) electrons. The normalized spacial score (nSPS) is 24.8. The number of aromatic nitrogens is 3. The molecule has 2 N–H and O–H groups in total. The number of hydrogen-bond donors (Lipinski definition) is 2. The van der Waals surface area contributed by atoms with Crippen LogP contribution in [0.3, 0.4) is 0 Å². The van der Waals surface area contributed by atoms with Gasteiger partial charge in [0, 0.05) is 29.6 Å². The van der Waals surface area contributed by atoms with Crippen molar-refractivity contribution < 1.29 is 23.0 Å². The zero-order chi connectivity index (χ0) is 26.6. The predicted octanol–water partition coefficient (Wildman–Crippen LogP) is 4.90. The Morgan fingerprint density at radius 3 is 2.59 bits per heavy atom. The molecule has 10 nitrogen and oxygen atoms in total. The Hall–Kier alpha value is -3.38. The highest BCUT2D eigenvalue weighted by Gasteiger charge is 2.50. The summed E-state index contributed by atoms with van der Waals surface area (Å²) in [4.78, 5) is 24.4. The number of carboxylic acid groups (broad SMARTS) is 1. The Morgan fingerprint density at radius 2 is 1.95 bits per heavy atom. The minimum Gasteiger partial charge on any atom is -0.465 e. The second-order valence-electron chi connectivity index (χ2n) is 9.79. The summed E-state index contributed by atoms with van der Waals surface area (Å²) in [7, 11) is -3.05. The zero-order valence-electron chi connectivity index (χ0n) is 20.2. The van der Waals surface area contributed by atoms with Crippen LogP contribution in [-0.2, 0) is 15.3 Å². The minimum absolute atomic E-state index is 0.0187. The quantitative estimate of drug-likeness (QED) is 0.474. The first kappa shape index (κ1) is 25.3. The summed E-state index contributed by atoms with van der Waals surface area (Å²) in [5.41, 5.74) is -0.390. The summed E-state index contributed by atoms with van der Waals surface area (Å²) < 4.78 is 38.5. The third kappa shape index (κ3) is 4.71. The van der Waals surface area contributed by atoms with E-state index in [1.54, 1.807) is 32.9 Å². The molecule has 1 aliphatic carbocycles. The molecule has 3 heterocycles. The van der Waals surface area contributed by atoms with Crippen LogP contribution in [0.2, 0.25) is 5.02 Å². The van der Waals surface area contributed by atoms with Gasteiger partial charge in [-0.3, -0.25) is 10.3 Å². The zero-order valence-corrected chi connectivity index (χ0v) is 21.8. The fourth-order valence-electron chi connectivity index (χ4n) is 4.19. The fraction of sp³-hybridized carbons (Fsp3) is 0.375. The number of aliphatic imine (C=N–C) groups is 1. The average molecular weight is 547 g/mol. The number of hydrogen-bond acceptors (Lipinski definition) is 8. The van der Waals surface area contributed by atoms with Gasteiger partial charge in [-0.1, -0.05) is 16.8 Å². The van der Waals surface area contributed by atoms with Crippen LogP contribution in [0, 0.1) is 5.82 Å².